The van der Waals surface area contributed by atoms with Gasteiger partial charge in [-0.25, -0.2) is 0 Å². The molecule has 0 spiro atoms. The van der Waals surface area contributed by atoms with Gasteiger partial charge in [0.2, 0.25) is 0 Å². The number of hydrogen-bond acceptors (Lipinski definition) is 2. The van der Waals surface area contributed by atoms with E-state index in [1.54, 1.807) is 30.3 Å². The fourth-order valence-electron chi connectivity index (χ4n) is 2.80. The first-order valence-corrected chi connectivity index (χ1v) is 8.72. The van der Waals surface area contributed by atoms with Crippen LogP contribution in [0.4, 0.5) is 5.69 Å². The van der Waals surface area contributed by atoms with Crippen LogP contribution < -0.4 is 10.6 Å². The van der Waals surface area contributed by atoms with Crippen molar-refractivity contribution in [3.8, 4) is 0 Å². The molecule has 26 heavy (non-hydrogen) atoms. The van der Waals surface area contributed by atoms with Crippen LogP contribution in [0.25, 0.3) is 10.8 Å². The number of rotatable bonds is 5. The molecule has 0 heterocycles. The van der Waals surface area contributed by atoms with E-state index in [0.717, 1.165) is 10.8 Å². The normalized spacial score (nSPS) is 10.7. The summed E-state index contributed by atoms with van der Waals surface area (Å²) < 4.78 is 0. The molecule has 0 saturated heterocycles. The second-order valence-corrected chi connectivity index (χ2v) is 6.63. The van der Waals surface area contributed by atoms with Crippen LogP contribution in [0.1, 0.15) is 34.6 Å². The Balaban J connectivity index is 1.87. The van der Waals surface area contributed by atoms with Crippen LogP contribution in [0.3, 0.4) is 0 Å². The molecule has 0 aliphatic rings. The van der Waals surface area contributed by atoms with Crippen molar-refractivity contribution < 1.29 is 9.59 Å². The van der Waals surface area contributed by atoms with Crippen molar-refractivity contribution in [2.45, 2.75) is 13.8 Å². The Kier molecular flexibility index (Phi) is 5.32. The van der Waals surface area contributed by atoms with Gasteiger partial charge >= 0.3 is 0 Å². The Hall–Kier alpha value is -3.14. The number of fused-ring (bicyclic) bond motifs is 1. The van der Waals surface area contributed by atoms with E-state index in [1.807, 2.05) is 50.2 Å². The Labute approximate surface area is 153 Å². The van der Waals surface area contributed by atoms with Gasteiger partial charge in [-0.1, -0.05) is 62.4 Å². The van der Waals surface area contributed by atoms with Crippen molar-refractivity contribution in [1.29, 1.82) is 0 Å². The summed E-state index contributed by atoms with van der Waals surface area (Å²) in [6.07, 6.45) is 0. The van der Waals surface area contributed by atoms with E-state index in [0.29, 0.717) is 29.3 Å². The molecule has 0 fully saturated rings. The van der Waals surface area contributed by atoms with Crippen LogP contribution in [-0.2, 0) is 0 Å². The predicted molar refractivity (Wildman–Crippen MR) is 106 cm³/mol. The summed E-state index contributed by atoms with van der Waals surface area (Å²) in [6, 6.07) is 20.4. The molecule has 0 radical (unpaired) electrons. The lowest BCUT2D eigenvalue weighted by atomic mass is 10.0. The molecule has 3 rings (SSSR count). The van der Waals surface area contributed by atoms with E-state index >= 15 is 0 Å². The third-order valence-electron chi connectivity index (χ3n) is 4.13. The van der Waals surface area contributed by atoms with Crippen molar-refractivity contribution in [1.82, 2.24) is 5.32 Å². The Morgan fingerprint density at radius 1 is 0.808 bits per heavy atom. The molecule has 4 heteroatoms. The topological polar surface area (TPSA) is 58.2 Å². The molecule has 0 saturated carbocycles. The first-order chi connectivity index (χ1) is 12.6. The van der Waals surface area contributed by atoms with Crippen molar-refractivity contribution in [2.24, 2.45) is 5.92 Å². The van der Waals surface area contributed by atoms with Gasteiger partial charge in [0.25, 0.3) is 11.8 Å². The Morgan fingerprint density at radius 3 is 2.27 bits per heavy atom. The third-order valence-corrected chi connectivity index (χ3v) is 4.13. The Morgan fingerprint density at radius 2 is 1.46 bits per heavy atom. The first-order valence-electron chi connectivity index (χ1n) is 8.72. The zero-order valence-electron chi connectivity index (χ0n) is 15.0. The summed E-state index contributed by atoms with van der Waals surface area (Å²) in [6.45, 7) is 4.66. The molecule has 132 valence electrons. The number of carbonyl (C=O) groups excluding carboxylic acids is 2. The molecular formula is C22H22N2O2. The highest BCUT2D eigenvalue weighted by molar-refractivity contribution is 6.14. The second-order valence-electron chi connectivity index (χ2n) is 6.63. The quantitative estimate of drug-likeness (QED) is 0.716. The first kappa shape index (κ1) is 17.7. The molecule has 0 aliphatic heterocycles. The molecular weight excluding hydrogens is 324 g/mol. The minimum Gasteiger partial charge on any atom is -0.352 e. The van der Waals surface area contributed by atoms with Crippen molar-refractivity contribution in [3.05, 3.63) is 77.9 Å². The number of anilines is 1. The summed E-state index contributed by atoms with van der Waals surface area (Å²) in [5.74, 6) is -0.0604. The van der Waals surface area contributed by atoms with E-state index < -0.39 is 0 Å². The highest BCUT2D eigenvalue weighted by Gasteiger charge is 2.15. The van der Waals surface area contributed by atoms with E-state index in [1.165, 1.54) is 0 Å². The molecule has 3 aromatic rings. The number of nitrogens with one attached hydrogen (secondary N) is 2. The van der Waals surface area contributed by atoms with Crippen LogP contribution in [-0.4, -0.2) is 18.4 Å². The smallest absolute Gasteiger partial charge is 0.256 e. The fourth-order valence-corrected chi connectivity index (χ4v) is 2.80. The van der Waals surface area contributed by atoms with Crippen LogP contribution in [0.2, 0.25) is 0 Å². The highest BCUT2D eigenvalue weighted by Crippen LogP contribution is 2.21. The van der Waals surface area contributed by atoms with Gasteiger partial charge in [-0.05, 0) is 34.9 Å². The summed E-state index contributed by atoms with van der Waals surface area (Å²) >= 11 is 0. The van der Waals surface area contributed by atoms with Crippen molar-refractivity contribution >= 4 is 28.3 Å². The fraction of sp³-hybridized carbons (Fsp3) is 0.182. The van der Waals surface area contributed by atoms with E-state index in [-0.39, 0.29) is 11.8 Å². The molecule has 0 aromatic heterocycles. The number of benzene rings is 3. The minimum absolute atomic E-state index is 0.187. The number of amides is 2. The molecule has 0 aliphatic carbocycles. The van der Waals surface area contributed by atoms with Gasteiger partial charge in [0.1, 0.15) is 0 Å². The number of para-hydroxylation sites is 1. The van der Waals surface area contributed by atoms with Gasteiger partial charge in [0.05, 0.1) is 11.3 Å². The largest absolute Gasteiger partial charge is 0.352 e. The lowest BCUT2D eigenvalue weighted by molar-refractivity contribution is 0.0950. The average Bonchev–Trinajstić information content (AvgIpc) is 2.66. The van der Waals surface area contributed by atoms with Gasteiger partial charge in [0.15, 0.2) is 0 Å². The second kappa shape index (κ2) is 7.83. The molecule has 2 amide bonds. The van der Waals surface area contributed by atoms with Crippen molar-refractivity contribution in [3.63, 3.8) is 0 Å². The third kappa shape index (κ3) is 3.91. The SMILES string of the molecule is CC(C)CNC(=O)c1ccccc1NC(=O)c1cccc2ccccc12. The number of hydrogen-bond donors (Lipinski definition) is 2. The standard InChI is InChI=1S/C22H22N2O2/c1-15(2)14-23-21(25)19-11-5-6-13-20(19)24-22(26)18-12-7-9-16-8-3-4-10-17(16)18/h3-13,15H,14H2,1-2H3,(H,23,25)(H,24,26). The molecule has 0 bridgehead atoms. The summed E-state index contributed by atoms with van der Waals surface area (Å²) in [5, 5.41) is 7.67. The number of carbonyl (C=O) groups is 2. The minimum atomic E-state index is -0.231. The summed E-state index contributed by atoms with van der Waals surface area (Å²) in [7, 11) is 0. The molecule has 0 atom stereocenters. The van der Waals surface area contributed by atoms with Gasteiger partial charge in [-0.3, -0.25) is 9.59 Å². The van der Waals surface area contributed by atoms with E-state index in [2.05, 4.69) is 10.6 Å². The van der Waals surface area contributed by atoms with Gasteiger partial charge < -0.3 is 10.6 Å². The monoisotopic (exact) mass is 346 g/mol. The van der Waals surface area contributed by atoms with Crippen LogP contribution in [0, 0.1) is 5.92 Å². The highest BCUT2D eigenvalue weighted by atomic mass is 16.2. The van der Waals surface area contributed by atoms with E-state index in [4.69, 9.17) is 0 Å². The Bertz CT molecular complexity index is 942. The van der Waals surface area contributed by atoms with Crippen LogP contribution in [0.15, 0.2) is 66.7 Å². The summed E-state index contributed by atoms with van der Waals surface area (Å²) in [4.78, 5) is 25.3. The average molecular weight is 346 g/mol. The molecule has 0 unspecified atom stereocenters. The summed E-state index contributed by atoms with van der Waals surface area (Å²) in [5.41, 5.74) is 1.55. The maximum Gasteiger partial charge on any atom is 0.256 e. The van der Waals surface area contributed by atoms with Gasteiger partial charge in [0, 0.05) is 12.1 Å². The molecule has 2 N–H and O–H groups in total. The lowest BCUT2D eigenvalue weighted by Crippen LogP contribution is -2.28. The maximum absolute atomic E-state index is 12.8. The molecule has 3 aromatic carbocycles. The predicted octanol–water partition coefficient (Wildman–Crippen LogP) is 4.48. The zero-order chi connectivity index (χ0) is 18.5. The maximum atomic E-state index is 12.8. The van der Waals surface area contributed by atoms with E-state index in [9.17, 15) is 9.59 Å². The zero-order valence-corrected chi connectivity index (χ0v) is 15.0. The van der Waals surface area contributed by atoms with Crippen molar-refractivity contribution in [2.75, 3.05) is 11.9 Å². The van der Waals surface area contributed by atoms with Gasteiger partial charge in [-0.2, -0.15) is 0 Å². The molecule has 4 nitrogen and oxygen atoms in total. The van der Waals surface area contributed by atoms with Gasteiger partial charge in [-0.15, -0.1) is 0 Å². The van der Waals surface area contributed by atoms with Crippen LogP contribution >= 0.6 is 0 Å². The van der Waals surface area contributed by atoms with Crippen LogP contribution in [0.5, 0.6) is 0 Å². The lowest BCUT2D eigenvalue weighted by Gasteiger charge is -2.13.